The first kappa shape index (κ1) is 23.4. The summed E-state index contributed by atoms with van der Waals surface area (Å²) in [7, 11) is -3.34. The molecule has 0 unspecified atom stereocenters. The molecule has 0 aliphatic carbocycles. The van der Waals surface area contributed by atoms with Gasteiger partial charge >= 0.3 is 11.9 Å². The minimum absolute atomic E-state index is 0.318. The highest BCUT2D eigenvalue weighted by molar-refractivity contribution is 7.91. The monoisotopic (exact) mass is 460 g/mol. The van der Waals surface area contributed by atoms with E-state index in [9.17, 15) is 18.0 Å². The summed E-state index contributed by atoms with van der Waals surface area (Å²) < 4.78 is 24.1. The second-order valence-electron chi connectivity index (χ2n) is 6.60. The molecule has 7 heteroatoms. The molecule has 0 spiro atoms. The van der Waals surface area contributed by atoms with Crippen LogP contribution in [0.4, 0.5) is 0 Å². The van der Waals surface area contributed by atoms with Gasteiger partial charge in [-0.05, 0) is 48.5 Å². The first-order valence-corrected chi connectivity index (χ1v) is 11.4. The van der Waals surface area contributed by atoms with Gasteiger partial charge < -0.3 is 0 Å². The average Bonchev–Trinajstić information content (AvgIpc) is 2.89. The first-order valence-electron chi connectivity index (χ1n) is 9.87. The van der Waals surface area contributed by atoms with Crippen molar-refractivity contribution in [1.29, 1.82) is 0 Å². The van der Waals surface area contributed by atoms with E-state index in [1.54, 1.807) is 121 Å². The zero-order valence-corrected chi connectivity index (χ0v) is 18.2. The number of rotatable bonds is 4. The van der Waals surface area contributed by atoms with E-state index in [2.05, 4.69) is 9.78 Å². The molecule has 0 aromatic heterocycles. The van der Waals surface area contributed by atoms with Crippen molar-refractivity contribution in [3.05, 3.63) is 132 Å². The third-order valence-corrected chi connectivity index (χ3v) is 6.10. The average molecular weight is 461 g/mol. The minimum atomic E-state index is -3.34. The molecular formula is C26H20O6S. The lowest BCUT2D eigenvalue weighted by molar-refractivity contribution is -0.187. The fraction of sp³-hybridized carbons (Fsp3) is 0. The van der Waals surface area contributed by atoms with E-state index < -0.39 is 21.8 Å². The summed E-state index contributed by atoms with van der Waals surface area (Å²) in [5.41, 5.74) is 0.636. The highest BCUT2D eigenvalue weighted by atomic mass is 32.2. The molecule has 0 fully saturated rings. The molecule has 0 heterocycles. The van der Waals surface area contributed by atoms with Gasteiger partial charge in [0.2, 0.25) is 9.84 Å². The van der Waals surface area contributed by atoms with Gasteiger partial charge in [-0.1, -0.05) is 72.8 Å². The molecule has 4 aromatic rings. The third kappa shape index (κ3) is 6.62. The van der Waals surface area contributed by atoms with Crippen LogP contribution in [0.1, 0.15) is 20.7 Å². The largest absolute Gasteiger partial charge is 0.386 e. The van der Waals surface area contributed by atoms with Gasteiger partial charge in [0.25, 0.3) is 0 Å². The van der Waals surface area contributed by atoms with Gasteiger partial charge in [-0.2, -0.15) is 0 Å². The fourth-order valence-corrected chi connectivity index (χ4v) is 3.96. The van der Waals surface area contributed by atoms with Crippen molar-refractivity contribution in [1.82, 2.24) is 0 Å². The summed E-state index contributed by atoms with van der Waals surface area (Å²) in [6.07, 6.45) is 0. The second-order valence-corrected chi connectivity index (χ2v) is 8.55. The molecule has 0 bridgehead atoms. The van der Waals surface area contributed by atoms with E-state index in [0.29, 0.717) is 20.9 Å². The van der Waals surface area contributed by atoms with Crippen LogP contribution >= 0.6 is 0 Å². The van der Waals surface area contributed by atoms with E-state index in [1.807, 2.05) is 0 Å². The van der Waals surface area contributed by atoms with Crippen molar-refractivity contribution in [3.8, 4) is 0 Å². The summed E-state index contributed by atoms with van der Waals surface area (Å²) >= 11 is 0. The van der Waals surface area contributed by atoms with Gasteiger partial charge in [0.15, 0.2) is 0 Å². The zero-order valence-electron chi connectivity index (χ0n) is 17.4. The third-order valence-electron chi connectivity index (χ3n) is 4.32. The van der Waals surface area contributed by atoms with Gasteiger partial charge in [-0.3, -0.25) is 0 Å². The van der Waals surface area contributed by atoms with Crippen LogP contribution in [0.15, 0.2) is 131 Å². The van der Waals surface area contributed by atoms with Crippen molar-refractivity contribution in [2.24, 2.45) is 0 Å². The Balaban J connectivity index is 0.000000189. The van der Waals surface area contributed by atoms with Gasteiger partial charge in [-0.15, -0.1) is 0 Å². The van der Waals surface area contributed by atoms with Crippen LogP contribution in [0.25, 0.3) is 0 Å². The Kier molecular flexibility index (Phi) is 8.10. The van der Waals surface area contributed by atoms with E-state index in [-0.39, 0.29) is 0 Å². The molecule has 4 rings (SSSR count). The number of carbonyl (C=O) groups excluding carboxylic acids is 2. The number of sulfone groups is 1. The Bertz CT molecular complexity index is 1180. The lowest BCUT2D eigenvalue weighted by Gasteiger charge is -2.03. The second kappa shape index (κ2) is 11.4. The molecule has 0 aliphatic rings. The molecule has 0 saturated carbocycles. The van der Waals surface area contributed by atoms with Crippen LogP contribution in [-0.4, -0.2) is 20.4 Å². The normalized spacial score (nSPS) is 10.3. The van der Waals surface area contributed by atoms with Crippen molar-refractivity contribution in [2.45, 2.75) is 9.79 Å². The Labute approximate surface area is 191 Å². The first-order chi connectivity index (χ1) is 16.0. The van der Waals surface area contributed by atoms with E-state index >= 15 is 0 Å². The van der Waals surface area contributed by atoms with Crippen LogP contribution in [0.2, 0.25) is 0 Å². The summed E-state index contributed by atoms with van der Waals surface area (Å²) in [6, 6.07) is 33.4. The number of benzene rings is 4. The summed E-state index contributed by atoms with van der Waals surface area (Å²) in [5.74, 6) is -1.42. The molecule has 0 radical (unpaired) electrons. The van der Waals surface area contributed by atoms with Crippen molar-refractivity contribution in [3.63, 3.8) is 0 Å². The molecule has 0 atom stereocenters. The van der Waals surface area contributed by atoms with Crippen molar-refractivity contribution in [2.75, 3.05) is 0 Å². The SMILES string of the molecule is O=C(OOC(=O)c1ccccc1)c1ccccc1.O=S(=O)(c1ccccc1)c1ccccc1. The van der Waals surface area contributed by atoms with Gasteiger partial charge in [0.05, 0.1) is 20.9 Å². The molecule has 33 heavy (non-hydrogen) atoms. The quantitative estimate of drug-likeness (QED) is 0.310. The van der Waals surface area contributed by atoms with Crippen LogP contribution < -0.4 is 0 Å². The number of hydrogen-bond donors (Lipinski definition) is 0. The molecule has 0 aliphatic heterocycles. The predicted molar refractivity (Wildman–Crippen MR) is 122 cm³/mol. The topological polar surface area (TPSA) is 86.7 Å². The van der Waals surface area contributed by atoms with Crippen molar-refractivity contribution < 1.29 is 27.8 Å². The smallest absolute Gasteiger partial charge is 0.242 e. The maximum Gasteiger partial charge on any atom is 0.386 e. The van der Waals surface area contributed by atoms with Gasteiger partial charge in [-0.25, -0.2) is 27.8 Å². The summed E-state index contributed by atoms with van der Waals surface area (Å²) in [6.45, 7) is 0. The van der Waals surface area contributed by atoms with Crippen LogP contribution in [0.5, 0.6) is 0 Å². The molecule has 0 saturated heterocycles. The van der Waals surface area contributed by atoms with Crippen LogP contribution in [0, 0.1) is 0 Å². The van der Waals surface area contributed by atoms with Crippen molar-refractivity contribution >= 4 is 21.8 Å². The standard InChI is InChI=1S/C14H10O4.C12H10O2S/c15-13(11-7-3-1-4-8-11)17-18-14(16)12-9-5-2-6-10-12;13-15(14,11-7-3-1-4-8-11)12-9-5-2-6-10-12/h1-10H;1-10H. The fourth-order valence-electron chi connectivity index (χ4n) is 2.66. The summed E-state index contributed by atoms with van der Waals surface area (Å²) in [5, 5.41) is 0. The Morgan fingerprint density at radius 2 is 0.727 bits per heavy atom. The predicted octanol–water partition coefficient (Wildman–Crippen LogP) is 5.13. The number of carbonyl (C=O) groups is 2. The minimum Gasteiger partial charge on any atom is -0.242 e. The Hall–Kier alpha value is -4.23. The lowest BCUT2D eigenvalue weighted by atomic mass is 10.2. The maximum atomic E-state index is 12.0. The van der Waals surface area contributed by atoms with Gasteiger partial charge in [0.1, 0.15) is 0 Å². The molecule has 166 valence electrons. The highest BCUT2D eigenvalue weighted by Crippen LogP contribution is 2.19. The molecule has 6 nitrogen and oxygen atoms in total. The van der Waals surface area contributed by atoms with E-state index in [1.165, 1.54) is 0 Å². The van der Waals surface area contributed by atoms with Crippen LogP contribution in [0.3, 0.4) is 0 Å². The molecule has 0 N–H and O–H groups in total. The lowest BCUT2D eigenvalue weighted by Crippen LogP contribution is -2.11. The maximum absolute atomic E-state index is 12.0. The van der Waals surface area contributed by atoms with Gasteiger partial charge in [0, 0.05) is 0 Å². The molecule has 4 aromatic carbocycles. The molecule has 0 amide bonds. The zero-order chi connectivity index (χ0) is 23.5. The molecular weight excluding hydrogens is 440 g/mol. The number of hydrogen-bond acceptors (Lipinski definition) is 6. The van der Waals surface area contributed by atoms with E-state index in [0.717, 1.165) is 0 Å². The van der Waals surface area contributed by atoms with E-state index in [4.69, 9.17) is 0 Å². The van der Waals surface area contributed by atoms with Crippen LogP contribution in [-0.2, 0) is 19.6 Å². The highest BCUT2D eigenvalue weighted by Gasteiger charge is 2.16. The summed E-state index contributed by atoms with van der Waals surface area (Å²) in [4.78, 5) is 32.5. The Morgan fingerprint density at radius 3 is 1.03 bits per heavy atom. The Morgan fingerprint density at radius 1 is 0.455 bits per heavy atom.